The van der Waals surface area contributed by atoms with E-state index in [1.807, 2.05) is 39.9 Å². The first kappa shape index (κ1) is 19.5. The Morgan fingerprint density at radius 2 is 1.94 bits per heavy atom. The third-order valence-electron chi connectivity index (χ3n) is 6.74. The van der Waals surface area contributed by atoms with Crippen molar-refractivity contribution in [3.05, 3.63) is 73.1 Å². The Hall–Kier alpha value is -4.20. The van der Waals surface area contributed by atoms with E-state index in [0.717, 1.165) is 17.7 Å². The number of benzene rings is 2. The highest BCUT2D eigenvalue weighted by Crippen LogP contribution is 2.56. The van der Waals surface area contributed by atoms with Crippen molar-refractivity contribution in [1.82, 2.24) is 19.7 Å². The topological polar surface area (TPSA) is 110 Å². The Bertz CT molecular complexity index is 1410. The number of anilines is 2. The fourth-order valence-corrected chi connectivity index (χ4v) is 5.09. The van der Waals surface area contributed by atoms with Gasteiger partial charge in [0.25, 0.3) is 0 Å². The molecule has 3 unspecified atom stereocenters. The lowest BCUT2D eigenvalue weighted by Gasteiger charge is -2.15. The van der Waals surface area contributed by atoms with Crippen LogP contribution in [0.2, 0.25) is 0 Å². The van der Waals surface area contributed by atoms with Crippen LogP contribution in [0.3, 0.4) is 0 Å². The van der Waals surface area contributed by atoms with E-state index in [0.29, 0.717) is 35.0 Å². The van der Waals surface area contributed by atoms with Crippen LogP contribution in [-0.4, -0.2) is 37.3 Å². The fourth-order valence-electron chi connectivity index (χ4n) is 5.09. The van der Waals surface area contributed by atoms with Crippen LogP contribution in [0.1, 0.15) is 23.9 Å². The van der Waals surface area contributed by atoms with E-state index in [1.165, 1.54) is 18.0 Å². The predicted octanol–water partition coefficient (Wildman–Crippen LogP) is 3.66. The van der Waals surface area contributed by atoms with Gasteiger partial charge in [-0.3, -0.25) is 4.79 Å². The number of carbonyl (C=O) groups excluding carboxylic acids is 1. The minimum atomic E-state index is -0.0816. The summed E-state index contributed by atoms with van der Waals surface area (Å²) in [5, 5.41) is 15.3. The summed E-state index contributed by atoms with van der Waals surface area (Å²) in [4.78, 5) is 23.0. The summed E-state index contributed by atoms with van der Waals surface area (Å²) in [7, 11) is 0. The van der Waals surface area contributed by atoms with Crippen LogP contribution in [0.5, 0.6) is 5.75 Å². The van der Waals surface area contributed by atoms with E-state index in [4.69, 9.17) is 10.8 Å². The normalized spacial score (nSPS) is 21.2. The lowest BCUT2D eigenvalue weighted by molar-refractivity contribution is -0.114. The summed E-state index contributed by atoms with van der Waals surface area (Å²) >= 11 is 0. The van der Waals surface area contributed by atoms with E-state index in [9.17, 15) is 9.90 Å². The number of nitrogens with two attached hydrogens (primary N) is 1. The zero-order chi connectivity index (χ0) is 22.7. The van der Waals surface area contributed by atoms with Gasteiger partial charge < -0.3 is 15.7 Å². The molecule has 0 saturated heterocycles. The molecule has 1 aliphatic carbocycles. The number of nitrogens with zero attached hydrogens (tertiary/aromatic N) is 5. The van der Waals surface area contributed by atoms with Gasteiger partial charge in [0.2, 0.25) is 5.91 Å². The van der Waals surface area contributed by atoms with Crippen molar-refractivity contribution in [2.24, 2.45) is 5.92 Å². The molecule has 1 aliphatic heterocycles. The minimum absolute atomic E-state index is 0.0816. The standard InChI is InChI=1S/C25H22N6O2/c1-2-21(33)30-12-18(16-5-3-4-6-19(16)30)17-11-20(17)31-25-22(24(26)27-13-28-25)23(29-31)14-7-9-15(32)10-8-14/h2-10,13,17-18,20,32H,1,11-12H2,(H2,26,27,28). The molecule has 8 nitrogen and oxygen atoms in total. The first-order chi connectivity index (χ1) is 16.1. The summed E-state index contributed by atoms with van der Waals surface area (Å²) in [5.41, 5.74) is 10.6. The van der Waals surface area contributed by atoms with Gasteiger partial charge in [0.1, 0.15) is 23.6 Å². The molecule has 0 radical (unpaired) electrons. The highest BCUT2D eigenvalue weighted by molar-refractivity contribution is 6.03. The highest BCUT2D eigenvalue weighted by Gasteiger charge is 2.50. The van der Waals surface area contributed by atoms with Gasteiger partial charge in [-0.1, -0.05) is 24.8 Å². The molecule has 1 fully saturated rings. The van der Waals surface area contributed by atoms with Gasteiger partial charge in [-0.25, -0.2) is 14.6 Å². The second-order valence-electron chi connectivity index (χ2n) is 8.58. The van der Waals surface area contributed by atoms with Crippen LogP contribution in [0.25, 0.3) is 22.3 Å². The van der Waals surface area contributed by atoms with Crippen molar-refractivity contribution in [1.29, 1.82) is 0 Å². The zero-order valence-electron chi connectivity index (χ0n) is 17.8. The van der Waals surface area contributed by atoms with E-state index in [-0.39, 0.29) is 23.6 Å². The molecule has 2 aromatic heterocycles. The number of phenols is 1. The highest BCUT2D eigenvalue weighted by atomic mass is 16.3. The minimum Gasteiger partial charge on any atom is -0.508 e. The van der Waals surface area contributed by atoms with Crippen molar-refractivity contribution >= 4 is 28.4 Å². The molecule has 0 spiro atoms. The number of para-hydroxylation sites is 1. The maximum Gasteiger partial charge on any atom is 0.250 e. The molecule has 0 bridgehead atoms. The molecule has 164 valence electrons. The number of carbonyl (C=O) groups is 1. The summed E-state index contributed by atoms with van der Waals surface area (Å²) in [6.07, 6.45) is 3.77. The molecular formula is C25H22N6O2. The molecule has 4 aromatic rings. The zero-order valence-corrected chi connectivity index (χ0v) is 17.8. The van der Waals surface area contributed by atoms with Gasteiger partial charge in [-0.15, -0.1) is 0 Å². The smallest absolute Gasteiger partial charge is 0.250 e. The van der Waals surface area contributed by atoms with E-state index in [2.05, 4.69) is 22.6 Å². The second-order valence-corrected chi connectivity index (χ2v) is 8.58. The molecule has 3 heterocycles. The number of fused-ring (bicyclic) bond motifs is 2. The van der Waals surface area contributed by atoms with Crippen molar-refractivity contribution in [3.8, 4) is 17.0 Å². The van der Waals surface area contributed by atoms with Gasteiger partial charge >= 0.3 is 0 Å². The molecule has 3 N–H and O–H groups in total. The van der Waals surface area contributed by atoms with Crippen molar-refractivity contribution in [2.75, 3.05) is 17.2 Å². The maximum atomic E-state index is 12.5. The number of aromatic nitrogens is 4. The van der Waals surface area contributed by atoms with Crippen LogP contribution in [-0.2, 0) is 4.79 Å². The van der Waals surface area contributed by atoms with Crippen molar-refractivity contribution in [2.45, 2.75) is 18.4 Å². The Labute approximate surface area is 190 Å². The quantitative estimate of drug-likeness (QED) is 0.471. The number of hydrogen-bond donors (Lipinski definition) is 2. The molecule has 1 saturated carbocycles. The molecular weight excluding hydrogens is 416 g/mol. The number of rotatable bonds is 4. The third kappa shape index (κ3) is 2.98. The number of amides is 1. The Morgan fingerprint density at radius 3 is 2.73 bits per heavy atom. The molecule has 33 heavy (non-hydrogen) atoms. The molecule has 6 rings (SSSR count). The van der Waals surface area contributed by atoms with Gasteiger partial charge in [0.05, 0.1) is 11.4 Å². The summed E-state index contributed by atoms with van der Waals surface area (Å²) in [6, 6.07) is 15.1. The van der Waals surface area contributed by atoms with Crippen LogP contribution in [0.15, 0.2) is 67.5 Å². The van der Waals surface area contributed by atoms with Crippen LogP contribution in [0, 0.1) is 5.92 Å². The Kier molecular flexibility index (Phi) is 4.23. The maximum absolute atomic E-state index is 12.5. The average molecular weight is 438 g/mol. The summed E-state index contributed by atoms with van der Waals surface area (Å²) < 4.78 is 1.96. The Balaban J connectivity index is 1.39. The summed E-state index contributed by atoms with van der Waals surface area (Å²) in [6.45, 7) is 4.29. The first-order valence-corrected chi connectivity index (χ1v) is 10.9. The largest absolute Gasteiger partial charge is 0.508 e. The van der Waals surface area contributed by atoms with Gasteiger partial charge in [-0.05, 0) is 54.3 Å². The number of hydrogen-bond acceptors (Lipinski definition) is 6. The van der Waals surface area contributed by atoms with E-state index < -0.39 is 0 Å². The molecule has 1 amide bonds. The number of phenolic OH excluding ortho intramolecular Hbond substituents is 1. The second kappa shape index (κ2) is 7.16. The molecule has 2 aliphatic rings. The Morgan fingerprint density at radius 1 is 1.15 bits per heavy atom. The average Bonchev–Trinajstić information content (AvgIpc) is 3.37. The van der Waals surface area contributed by atoms with Gasteiger partial charge in [0.15, 0.2) is 5.65 Å². The predicted molar refractivity (Wildman–Crippen MR) is 126 cm³/mol. The molecule has 3 atom stereocenters. The lowest BCUT2D eigenvalue weighted by atomic mass is 9.96. The first-order valence-electron chi connectivity index (χ1n) is 10.9. The number of nitrogen functional groups attached to an aromatic ring is 1. The van der Waals surface area contributed by atoms with Gasteiger partial charge in [0, 0.05) is 23.7 Å². The number of aromatic hydroxyl groups is 1. The van der Waals surface area contributed by atoms with Crippen molar-refractivity contribution in [3.63, 3.8) is 0 Å². The SMILES string of the molecule is C=CC(=O)N1CC(C2CC2n2nc(-c3ccc(O)cc3)c3c(N)ncnc32)c2ccccc21. The van der Waals surface area contributed by atoms with E-state index >= 15 is 0 Å². The van der Waals surface area contributed by atoms with E-state index in [1.54, 1.807) is 12.1 Å². The van der Waals surface area contributed by atoms with Gasteiger partial charge in [-0.2, -0.15) is 5.10 Å². The van der Waals surface area contributed by atoms with Crippen molar-refractivity contribution < 1.29 is 9.90 Å². The molecule has 8 heteroatoms. The monoisotopic (exact) mass is 438 g/mol. The molecule has 2 aromatic carbocycles. The van der Waals surface area contributed by atoms with Crippen LogP contribution >= 0.6 is 0 Å². The van der Waals surface area contributed by atoms with Crippen LogP contribution < -0.4 is 10.6 Å². The summed E-state index contributed by atoms with van der Waals surface area (Å²) in [5.74, 6) is 1.01. The fraction of sp³-hybridized carbons (Fsp3) is 0.200. The third-order valence-corrected chi connectivity index (χ3v) is 6.74. The van der Waals surface area contributed by atoms with Crippen LogP contribution in [0.4, 0.5) is 11.5 Å². The lowest BCUT2D eigenvalue weighted by Crippen LogP contribution is -2.28.